The Morgan fingerprint density at radius 2 is 2.23 bits per heavy atom. The van der Waals surface area contributed by atoms with Crippen molar-refractivity contribution in [3.05, 3.63) is 22.4 Å². The summed E-state index contributed by atoms with van der Waals surface area (Å²) in [5.41, 5.74) is 0. The van der Waals surface area contributed by atoms with Crippen molar-refractivity contribution in [2.75, 3.05) is 0 Å². The fourth-order valence-corrected chi connectivity index (χ4v) is 2.81. The van der Waals surface area contributed by atoms with Gasteiger partial charge in [-0.3, -0.25) is 0 Å². The van der Waals surface area contributed by atoms with Crippen molar-refractivity contribution in [2.45, 2.75) is 44.7 Å². The zero-order chi connectivity index (χ0) is 9.10. The largest absolute Gasteiger partial charge is 0.307 e. The Morgan fingerprint density at radius 3 is 2.85 bits per heavy atom. The molecule has 0 spiro atoms. The van der Waals surface area contributed by atoms with Gasteiger partial charge >= 0.3 is 0 Å². The average molecular weight is 195 g/mol. The molecule has 0 amide bonds. The molecule has 0 unspecified atom stereocenters. The van der Waals surface area contributed by atoms with Crippen LogP contribution in [-0.2, 0) is 0 Å². The number of thiophene rings is 1. The van der Waals surface area contributed by atoms with Gasteiger partial charge in [0, 0.05) is 17.0 Å². The summed E-state index contributed by atoms with van der Waals surface area (Å²) in [6, 6.07) is 5.67. The van der Waals surface area contributed by atoms with E-state index in [1.807, 2.05) is 11.3 Å². The third-order valence-corrected chi connectivity index (χ3v) is 3.87. The Kier molecular flexibility index (Phi) is 3.01. The van der Waals surface area contributed by atoms with Crippen molar-refractivity contribution in [3.63, 3.8) is 0 Å². The molecule has 1 atom stereocenters. The van der Waals surface area contributed by atoms with Gasteiger partial charge in [-0.15, -0.1) is 11.3 Å². The molecular weight excluding hydrogens is 178 g/mol. The second-order valence-electron chi connectivity index (χ2n) is 3.89. The summed E-state index contributed by atoms with van der Waals surface area (Å²) >= 11 is 1.85. The molecule has 0 bridgehead atoms. The molecule has 72 valence electrons. The topological polar surface area (TPSA) is 12.0 Å². The lowest BCUT2D eigenvalue weighted by atomic mass is 10.2. The molecule has 1 aromatic rings. The first kappa shape index (κ1) is 9.22. The van der Waals surface area contributed by atoms with Gasteiger partial charge in [-0.05, 0) is 31.2 Å². The monoisotopic (exact) mass is 195 g/mol. The van der Waals surface area contributed by atoms with E-state index in [1.54, 1.807) is 0 Å². The van der Waals surface area contributed by atoms with Crippen molar-refractivity contribution in [3.8, 4) is 0 Å². The van der Waals surface area contributed by atoms with E-state index in [2.05, 4.69) is 29.8 Å². The smallest absolute Gasteiger partial charge is 0.0388 e. The third kappa shape index (κ3) is 2.32. The second-order valence-corrected chi connectivity index (χ2v) is 4.86. The van der Waals surface area contributed by atoms with Crippen molar-refractivity contribution in [1.29, 1.82) is 0 Å². The van der Waals surface area contributed by atoms with E-state index in [9.17, 15) is 0 Å². The summed E-state index contributed by atoms with van der Waals surface area (Å²) in [5.74, 6) is 0. The predicted molar refractivity (Wildman–Crippen MR) is 58.1 cm³/mol. The molecule has 2 heteroatoms. The van der Waals surface area contributed by atoms with Crippen molar-refractivity contribution < 1.29 is 0 Å². The zero-order valence-corrected chi connectivity index (χ0v) is 8.94. The molecule has 13 heavy (non-hydrogen) atoms. The number of rotatable bonds is 3. The fraction of sp³-hybridized carbons (Fsp3) is 0.636. The number of hydrogen-bond acceptors (Lipinski definition) is 2. The molecule has 1 fully saturated rings. The van der Waals surface area contributed by atoms with Crippen LogP contribution in [0.15, 0.2) is 17.5 Å². The standard InChI is InChI=1S/C11H17NS/c1-9(11-7-4-8-13-11)12-10-5-2-3-6-10/h4,7-10,12H,2-3,5-6H2,1H3/t9-/m1/s1. The van der Waals surface area contributed by atoms with E-state index >= 15 is 0 Å². The summed E-state index contributed by atoms with van der Waals surface area (Å²) in [6.45, 7) is 2.27. The molecule has 1 saturated carbocycles. The second kappa shape index (κ2) is 4.25. The highest BCUT2D eigenvalue weighted by atomic mass is 32.1. The van der Waals surface area contributed by atoms with Gasteiger partial charge < -0.3 is 5.32 Å². The molecule has 0 radical (unpaired) electrons. The molecule has 0 saturated heterocycles. The molecule has 1 N–H and O–H groups in total. The molecule has 1 aromatic heterocycles. The first-order valence-corrected chi connectivity index (χ1v) is 6.03. The molecule has 0 aliphatic heterocycles. The molecule has 2 rings (SSSR count). The minimum absolute atomic E-state index is 0.545. The molecule has 1 aliphatic rings. The highest BCUT2D eigenvalue weighted by Gasteiger charge is 2.17. The van der Waals surface area contributed by atoms with Gasteiger partial charge in [0.1, 0.15) is 0 Å². The minimum atomic E-state index is 0.545. The quantitative estimate of drug-likeness (QED) is 0.780. The van der Waals surface area contributed by atoms with E-state index in [4.69, 9.17) is 0 Å². The van der Waals surface area contributed by atoms with Gasteiger partial charge in [0.05, 0.1) is 0 Å². The van der Waals surface area contributed by atoms with Crippen LogP contribution < -0.4 is 5.32 Å². The van der Waals surface area contributed by atoms with Crippen LogP contribution in [0, 0.1) is 0 Å². The van der Waals surface area contributed by atoms with Gasteiger partial charge in [-0.25, -0.2) is 0 Å². The van der Waals surface area contributed by atoms with E-state index in [0.29, 0.717) is 6.04 Å². The maximum Gasteiger partial charge on any atom is 0.0388 e. The summed E-state index contributed by atoms with van der Waals surface area (Å²) in [5, 5.41) is 5.85. The van der Waals surface area contributed by atoms with Crippen LogP contribution in [-0.4, -0.2) is 6.04 Å². The van der Waals surface area contributed by atoms with Gasteiger partial charge in [0.15, 0.2) is 0 Å². The molecule has 1 aliphatic carbocycles. The first-order chi connectivity index (χ1) is 6.36. The fourth-order valence-electron chi connectivity index (χ4n) is 2.07. The Bertz CT molecular complexity index is 237. The lowest BCUT2D eigenvalue weighted by molar-refractivity contribution is 0.465. The minimum Gasteiger partial charge on any atom is -0.307 e. The van der Waals surface area contributed by atoms with Crippen LogP contribution in [0.4, 0.5) is 0 Å². The maximum atomic E-state index is 3.69. The highest BCUT2D eigenvalue weighted by Crippen LogP contribution is 2.23. The third-order valence-electron chi connectivity index (χ3n) is 2.81. The van der Waals surface area contributed by atoms with Crippen LogP contribution in [0.5, 0.6) is 0 Å². The summed E-state index contributed by atoms with van der Waals surface area (Å²) < 4.78 is 0. The summed E-state index contributed by atoms with van der Waals surface area (Å²) in [7, 11) is 0. The van der Waals surface area contributed by atoms with Crippen LogP contribution in [0.1, 0.15) is 43.5 Å². The van der Waals surface area contributed by atoms with Crippen LogP contribution in [0.25, 0.3) is 0 Å². The Hall–Kier alpha value is -0.340. The van der Waals surface area contributed by atoms with Gasteiger partial charge in [-0.2, -0.15) is 0 Å². The van der Waals surface area contributed by atoms with Crippen molar-refractivity contribution >= 4 is 11.3 Å². The van der Waals surface area contributed by atoms with E-state index < -0.39 is 0 Å². The average Bonchev–Trinajstić information content (AvgIpc) is 2.74. The lowest BCUT2D eigenvalue weighted by Crippen LogP contribution is -2.28. The molecular formula is C11H17NS. The van der Waals surface area contributed by atoms with Crippen LogP contribution >= 0.6 is 11.3 Å². The van der Waals surface area contributed by atoms with Gasteiger partial charge in [0.25, 0.3) is 0 Å². The maximum absolute atomic E-state index is 3.69. The predicted octanol–water partition coefficient (Wildman–Crippen LogP) is 3.34. The van der Waals surface area contributed by atoms with Crippen molar-refractivity contribution in [1.82, 2.24) is 5.32 Å². The zero-order valence-electron chi connectivity index (χ0n) is 8.12. The number of nitrogens with one attached hydrogen (secondary N) is 1. The summed E-state index contributed by atoms with van der Waals surface area (Å²) in [6.07, 6.45) is 5.56. The lowest BCUT2D eigenvalue weighted by Gasteiger charge is -2.17. The SMILES string of the molecule is C[C@@H](NC1CCCC1)c1cccs1. The Labute approximate surface area is 84.2 Å². The first-order valence-electron chi connectivity index (χ1n) is 5.16. The summed E-state index contributed by atoms with van der Waals surface area (Å²) in [4.78, 5) is 1.46. The van der Waals surface area contributed by atoms with Crippen LogP contribution in [0.3, 0.4) is 0 Å². The van der Waals surface area contributed by atoms with Gasteiger partial charge in [0.2, 0.25) is 0 Å². The highest BCUT2D eigenvalue weighted by molar-refractivity contribution is 7.10. The van der Waals surface area contributed by atoms with Gasteiger partial charge in [-0.1, -0.05) is 18.9 Å². The van der Waals surface area contributed by atoms with Crippen molar-refractivity contribution in [2.24, 2.45) is 0 Å². The Morgan fingerprint density at radius 1 is 1.46 bits per heavy atom. The van der Waals surface area contributed by atoms with E-state index in [-0.39, 0.29) is 0 Å². The normalized spacial score (nSPS) is 20.7. The van der Waals surface area contributed by atoms with E-state index in [1.165, 1.54) is 30.6 Å². The molecule has 1 nitrogen and oxygen atoms in total. The van der Waals surface area contributed by atoms with Crippen LogP contribution in [0.2, 0.25) is 0 Å². The number of hydrogen-bond donors (Lipinski definition) is 1. The molecule has 0 aromatic carbocycles. The van der Waals surface area contributed by atoms with E-state index in [0.717, 1.165) is 6.04 Å². The molecule has 1 heterocycles. The Balaban J connectivity index is 1.87.